The van der Waals surface area contributed by atoms with Gasteiger partial charge in [0.1, 0.15) is 12.4 Å². The summed E-state index contributed by atoms with van der Waals surface area (Å²) >= 11 is 5.44. The van der Waals surface area contributed by atoms with Crippen LogP contribution in [0.3, 0.4) is 0 Å². The van der Waals surface area contributed by atoms with Crippen molar-refractivity contribution in [1.82, 2.24) is 0 Å². The van der Waals surface area contributed by atoms with Gasteiger partial charge in [0.2, 0.25) is 0 Å². The Morgan fingerprint density at radius 1 is 1.25 bits per heavy atom. The summed E-state index contributed by atoms with van der Waals surface area (Å²) in [5, 5.41) is 19.0. The molecule has 0 aromatic heterocycles. The first-order chi connectivity index (χ1) is 7.69. The normalized spacial score (nSPS) is 14.9. The van der Waals surface area contributed by atoms with Crippen molar-refractivity contribution < 1.29 is 15.0 Å². The number of aliphatic hydroxyl groups excluding tert-OH is 2. The van der Waals surface area contributed by atoms with E-state index in [0.717, 1.165) is 5.56 Å². The molecule has 0 aliphatic heterocycles. The third kappa shape index (κ3) is 3.45. The van der Waals surface area contributed by atoms with Crippen LogP contribution in [0.4, 0.5) is 0 Å². The lowest BCUT2D eigenvalue weighted by atomic mass is 10.0. The lowest BCUT2D eigenvalue weighted by molar-refractivity contribution is -0.104. The van der Waals surface area contributed by atoms with Crippen molar-refractivity contribution in [1.29, 1.82) is 0 Å². The summed E-state index contributed by atoms with van der Waals surface area (Å²) in [6.07, 6.45) is 1.78. The van der Waals surface area contributed by atoms with E-state index >= 15 is 0 Å². The highest BCUT2D eigenvalue weighted by Crippen LogP contribution is 2.18. The molecule has 2 atom stereocenters. The van der Waals surface area contributed by atoms with Crippen LogP contribution in [0.1, 0.15) is 17.2 Å². The molecule has 0 heterocycles. The van der Waals surface area contributed by atoms with E-state index in [0.29, 0.717) is 11.8 Å². The summed E-state index contributed by atoms with van der Waals surface area (Å²) in [6, 6.07) is 6.87. The molecule has 16 heavy (non-hydrogen) atoms. The molecule has 1 rings (SSSR count). The highest BCUT2D eigenvalue weighted by Gasteiger charge is 2.16. The zero-order valence-corrected chi connectivity index (χ0v) is 9.34. The summed E-state index contributed by atoms with van der Waals surface area (Å²) in [7, 11) is 0. The molecule has 0 fully saturated rings. The van der Waals surface area contributed by atoms with Crippen molar-refractivity contribution in [2.75, 3.05) is 5.88 Å². The second kappa shape index (κ2) is 6.43. The van der Waals surface area contributed by atoms with Gasteiger partial charge in [0.25, 0.3) is 0 Å². The van der Waals surface area contributed by atoms with Crippen molar-refractivity contribution in [3.63, 3.8) is 0 Å². The van der Waals surface area contributed by atoms with Crippen molar-refractivity contribution >= 4 is 24.0 Å². The number of carbonyl (C=O) groups is 1. The molecule has 2 N–H and O–H groups in total. The molecule has 0 radical (unpaired) electrons. The van der Waals surface area contributed by atoms with Crippen molar-refractivity contribution in [3.05, 3.63) is 41.5 Å². The molecule has 0 saturated carbocycles. The summed E-state index contributed by atoms with van der Waals surface area (Å²) in [4.78, 5) is 10.1. The number of aldehydes is 1. The molecule has 0 bridgehead atoms. The third-order valence-corrected chi connectivity index (χ3v) is 2.48. The molecule has 4 heteroatoms. The Balaban J connectivity index is 2.78. The highest BCUT2D eigenvalue weighted by molar-refractivity contribution is 6.18. The summed E-state index contributed by atoms with van der Waals surface area (Å²) in [6.45, 7) is 0. The average Bonchev–Trinajstić information content (AvgIpc) is 2.35. The van der Waals surface area contributed by atoms with Gasteiger partial charge in [0.15, 0.2) is 0 Å². The first kappa shape index (κ1) is 12.9. The number of hydrogen-bond acceptors (Lipinski definition) is 3. The summed E-state index contributed by atoms with van der Waals surface area (Å²) in [5.41, 5.74) is 1.44. The van der Waals surface area contributed by atoms with E-state index < -0.39 is 12.2 Å². The molecule has 0 spiro atoms. The van der Waals surface area contributed by atoms with Crippen LogP contribution >= 0.6 is 11.6 Å². The van der Waals surface area contributed by atoms with Crippen LogP contribution in [-0.2, 0) is 4.79 Å². The van der Waals surface area contributed by atoms with Gasteiger partial charge in [-0.1, -0.05) is 30.3 Å². The highest BCUT2D eigenvalue weighted by atomic mass is 35.5. The summed E-state index contributed by atoms with van der Waals surface area (Å²) in [5.74, 6) is -0.0199. The molecule has 0 amide bonds. The SMILES string of the molecule is O=C/C=C/c1ccc(C(O)C(O)CCl)cc1. The number of halogens is 1. The minimum Gasteiger partial charge on any atom is -0.389 e. The number of carbonyl (C=O) groups excluding carboxylic acids is 1. The number of alkyl halides is 1. The predicted molar refractivity (Wildman–Crippen MR) is 63.2 cm³/mol. The Hall–Kier alpha value is -1.16. The van der Waals surface area contributed by atoms with Crippen LogP contribution in [0.25, 0.3) is 6.08 Å². The van der Waals surface area contributed by atoms with Crippen LogP contribution in [0, 0.1) is 0 Å². The van der Waals surface area contributed by atoms with Gasteiger partial charge in [-0.2, -0.15) is 0 Å². The molecule has 0 saturated heterocycles. The van der Waals surface area contributed by atoms with Crippen LogP contribution in [0.2, 0.25) is 0 Å². The van der Waals surface area contributed by atoms with E-state index in [-0.39, 0.29) is 5.88 Å². The fourth-order valence-electron chi connectivity index (χ4n) is 1.26. The average molecular weight is 241 g/mol. The van der Waals surface area contributed by atoms with Crippen LogP contribution in [0.15, 0.2) is 30.3 Å². The van der Waals surface area contributed by atoms with E-state index in [2.05, 4.69) is 0 Å². The second-order valence-electron chi connectivity index (χ2n) is 3.33. The standard InChI is InChI=1S/C12H13ClO3/c13-8-11(15)12(16)10-5-3-9(4-6-10)2-1-7-14/h1-7,11-12,15-16H,8H2/b2-1+. The van der Waals surface area contributed by atoms with Gasteiger partial charge in [0.05, 0.1) is 12.0 Å². The molecule has 86 valence electrons. The first-order valence-corrected chi connectivity index (χ1v) is 5.36. The van der Waals surface area contributed by atoms with Gasteiger partial charge in [-0.15, -0.1) is 11.6 Å². The predicted octanol–water partition coefficient (Wildman–Crippen LogP) is 1.53. The molecular weight excluding hydrogens is 228 g/mol. The smallest absolute Gasteiger partial charge is 0.142 e. The molecule has 1 aromatic carbocycles. The monoisotopic (exact) mass is 240 g/mol. The maximum absolute atomic E-state index is 10.1. The minimum atomic E-state index is -0.985. The molecule has 1 aromatic rings. The minimum absolute atomic E-state index is 0.0199. The fourth-order valence-corrected chi connectivity index (χ4v) is 1.43. The van der Waals surface area contributed by atoms with Crippen LogP contribution < -0.4 is 0 Å². The number of hydrogen-bond donors (Lipinski definition) is 2. The molecular formula is C12H13ClO3. The van der Waals surface area contributed by atoms with Crippen LogP contribution in [-0.4, -0.2) is 28.5 Å². The molecule has 3 nitrogen and oxygen atoms in total. The molecule has 2 unspecified atom stereocenters. The number of benzene rings is 1. The Morgan fingerprint density at radius 3 is 2.38 bits per heavy atom. The van der Waals surface area contributed by atoms with Gasteiger partial charge in [0, 0.05) is 0 Å². The number of allylic oxidation sites excluding steroid dienone is 1. The first-order valence-electron chi connectivity index (χ1n) is 4.83. The maximum Gasteiger partial charge on any atom is 0.142 e. The zero-order valence-electron chi connectivity index (χ0n) is 8.58. The van der Waals surface area contributed by atoms with Crippen molar-refractivity contribution in [2.24, 2.45) is 0 Å². The maximum atomic E-state index is 10.1. The third-order valence-electron chi connectivity index (χ3n) is 2.17. The van der Waals surface area contributed by atoms with E-state index in [1.54, 1.807) is 30.3 Å². The largest absolute Gasteiger partial charge is 0.389 e. The van der Waals surface area contributed by atoms with E-state index in [1.165, 1.54) is 6.08 Å². The Kier molecular flexibility index (Phi) is 5.19. The van der Waals surface area contributed by atoms with E-state index in [4.69, 9.17) is 11.6 Å². The number of aliphatic hydroxyl groups is 2. The fraction of sp³-hybridized carbons (Fsp3) is 0.250. The van der Waals surface area contributed by atoms with Gasteiger partial charge in [-0.05, 0) is 17.2 Å². The summed E-state index contributed by atoms with van der Waals surface area (Å²) < 4.78 is 0. The van der Waals surface area contributed by atoms with Crippen molar-refractivity contribution in [2.45, 2.75) is 12.2 Å². The molecule has 0 aliphatic rings. The van der Waals surface area contributed by atoms with Gasteiger partial charge >= 0.3 is 0 Å². The van der Waals surface area contributed by atoms with E-state index in [1.807, 2.05) is 0 Å². The number of rotatable bonds is 5. The topological polar surface area (TPSA) is 57.5 Å². The van der Waals surface area contributed by atoms with Gasteiger partial charge in [-0.25, -0.2) is 0 Å². The Morgan fingerprint density at radius 2 is 1.88 bits per heavy atom. The second-order valence-corrected chi connectivity index (χ2v) is 3.64. The Labute approximate surface area is 99.0 Å². The van der Waals surface area contributed by atoms with E-state index in [9.17, 15) is 15.0 Å². The van der Waals surface area contributed by atoms with Gasteiger partial charge < -0.3 is 10.2 Å². The Bertz CT molecular complexity index is 359. The molecule has 0 aliphatic carbocycles. The lowest BCUT2D eigenvalue weighted by Gasteiger charge is -2.15. The zero-order chi connectivity index (χ0) is 12.0. The van der Waals surface area contributed by atoms with Crippen LogP contribution in [0.5, 0.6) is 0 Å². The quantitative estimate of drug-likeness (QED) is 0.466. The van der Waals surface area contributed by atoms with Crippen molar-refractivity contribution in [3.8, 4) is 0 Å². The lowest BCUT2D eigenvalue weighted by Crippen LogP contribution is -2.19. The van der Waals surface area contributed by atoms with Gasteiger partial charge in [-0.3, -0.25) is 4.79 Å².